The summed E-state index contributed by atoms with van der Waals surface area (Å²) in [6, 6.07) is 15.5. The molecule has 1 saturated heterocycles. The van der Waals surface area contributed by atoms with Crippen molar-refractivity contribution in [2.75, 3.05) is 22.0 Å². The summed E-state index contributed by atoms with van der Waals surface area (Å²) in [6.45, 7) is 1.58. The van der Waals surface area contributed by atoms with Crippen LogP contribution in [0.4, 0.5) is 5.69 Å². The van der Waals surface area contributed by atoms with Crippen LogP contribution in [0.5, 0.6) is 5.75 Å². The Morgan fingerprint density at radius 2 is 1.78 bits per heavy atom. The second kappa shape index (κ2) is 9.45. The minimum atomic E-state index is -3.38. The summed E-state index contributed by atoms with van der Waals surface area (Å²) in [7, 11) is -6.34. The number of nitriles is 1. The molecule has 1 N–H and O–H groups in total. The maximum Gasteiger partial charge on any atom is 0.232 e. The van der Waals surface area contributed by atoms with Gasteiger partial charge in [0.25, 0.3) is 0 Å². The average molecular weight is 528 g/mol. The van der Waals surface area contributed by atoms with E-state index < -0.39 is 19.9 Å². The molecule has 0 spiro atoms. The fourth-order valence-electron chi connectivity index (χ4n) is 4.91. The summed E-state index contributed by atoms with van der Waals surface area (Å²) < 4.78 is 58.4. The molecule has 0 bridgehead atoms. The number of sulfone groups is 1. The van der Waals surface area contributed by atoms with E-state index in [1.807, 2.05) is 30.3 Å². The van der Waals surface area contributed by atoms with Crippen LogP contribution in [0.3, 0.4) is 0 Å². The highest BCUT2D eigenvalue weighted by atomic mass is 32.2. The van der Waals surface area contributed by atoms with Crippen LogP contribution in [0, 0.1) is 11.3 Å². The van der Waals surface area contributed by atoms with Crippen molar-refractivity contribution in [1.82, 2.24) is 4.57 Å². The number of nitrogens with one attached hydrogen (secondary N) is 1. The number of aromatic nitrogens is 1. The minimum absolute atomic E-state index is 0.00960. The summed E-state index contributed by atoms with van der Waals surface area (Å²) >= 11 is 0. The van der Waals surface area contributed by atoms with Gasteiger partial charge in [-0.15, -0.1) is 0 Å². The zero-order valence-corrected chi connectivity index (χ0v) is 21.7. The third kappa shape index (κ3) is 4.82. The van der Waals surface area contributed by atoms with Crippen LogP contribution in [0.2, 0.25) is 0 Å². The van der Waals surface area contributed by atoms with E-state index in [-0.39, 0.29) is 29.4 Å². The Labute approximate surface area is 211 Å². The predicted octanol–water partition coefficient (Wildman–Crippen LogP) is 4.62. The van der Waals surface area contributed by atoms with Gasteiger partial charge in [-0.05, 0) is 68.9 Å². The molecule has 0 amide bonds. The molecule has 1 aromatic heterocycles. The molecule has 36 heavy (non-hydrogen) atoms. The molecule has 0 atom stereocenters. The molecular formula is C26H29N3O5S2. The fraction of sp³-hybridized carbons (Fsp3) is 0.423. The third-order valence-electron chi connectivity index (χ3n) is 7.14. The number of anilines is 1. The van der Waals surface area contributed by atoms with Gasteiger partial charge in [0.15, 0.2) is 9.84 Å². The second-order valence-electron chi connectivity index (χ2n) is 9.52. The first-order valence-electron chi connectivity index (χ1n) is 12.3. The van der Waals surface area contributed by atoms with E-state index in [0.29, 0.717) is 29.8 Å². The van der Waals surface area contributed by atoms with Crippen molar-refractivity contribution in [3.63, 3.8) is 0 Å². The van der Waals surface area contributed by atoms with E-state index in [2.05, 4.69) is 15.4 Å². The summed E-state index contributed by atoms with van der Waals surface area (Å²) in [5.74, 6) is 0.951. The van der Waals surface area contributed by atoms with Gasteiger partial charge < -0.3 is 9.30 Å². The lowest BCUT2D eigenvalue weighted by Gasteiger charge is -2.30. The Balaban J connectivity index is 1.54. The largest absolute Gasteiger partial charge is 0.490 e. The lowest BCUT2D eigenvalue weighted by Crippen LogP contribution is -2.30. The van der Waals surface area contributed by atoms with Crippen LogP contribution >= 0.6 is 0 Å². The van der Waals surface area contributed by atoms with Gasteiger partial charge >= 0.3 is 0 Å². The third-order valence-corrected chi connectivity index (χ3v) is 10.2. The Hall–Kier alpha value is -3.03. The molecule has 5 rings (SSSR count). The first-order valence-corrected chi connectivity index (χ1v) is 15.7. The van der Waals surface area contributed by atoms with Gasteiger partial charge in [-0.25, -0.2) is 16.8 Å². The van der Waals surface area contributed by atoms with Gasteiger partial charge in [0.1, 0.15) is 17.9 Å². The highest BCUT2D eigenvalue weighted by molar-refractivity contribution is 7.92. The molecule has 10 heteroatoms. The molecule has 0 unspecified atom stereocenters. The Kier molecular flexibility index (Phi) is 6.47. The molecule has 190 valence electrons. The Morgan fingerprint density at radius 3 is 2.36 bits per heavy atom. The molecule has 2 heterocycles. The van der Waals surface area contributed by atoms with Crippen molar-refractivity contribution >= 4 is 36.5 Å². The lowest BCUT2D eigenvalue weighted by molar-refractivity contribution is 0.190. The first-order chi connectivity index (χ1) is 17.2. The van der Waals surface area contributed by atoms with Crippen LogP contribution < -0.4 is 9.46 Å². The maximum atomic E-state index is 11.9. The molecule has 1 aliphatic heterocycles. The number of hydrogen-bond acceptors (Lipinski definition) is 6. The minimum Gasteiger partial charge on any atom is -0.490 e. The van der Waals surface area contributed by atoms with Gasteiger partial charge in [-0.3, -0.25) is 4.72 Å². The molecule has 2 fully saturated rings. The lowest BCUT2D eigenvalue weighted by atomic mass is 9.92. The van der Waals surface area contributed by atoms with Crippen molar-refractivity contribution in [3.8, 4) is 23.1 Å². The standard InChI is InChI=1S/C26H29N3O5S2/c1-2-36(32,33)28-19-8-6-18(7-9-19)26-24(17-27)23-11-10-22(16-25(23)29(26)20-4-3-5-20)34-21-12-14-35(30,31)15-13-21/h6-11,16,20-21,28H,2-5,12-15H2,1H3. The van der Waals surface area contributed by atoms with Crippen LogP contribution in [-0.4, -0.2) is 44.8 Å². The average Bonchev–Trinajstić information content (AvgIpc) is 3.13. The van der Waals surface area contributed by atoms with E-state index >= 15 is 0 Å². The Morgan fingerprint density at radius 1 is 1.08 bits per heavy atom. The van der Waals surface area contributed by atoms with Gasteiger partial charge in [-0.2, -0.15) is 5.26 Å². The number of rotatable bonds is 7. The Bertz CT molecular complexity index is 1530. The smallest absolute Gasteiger partial charge is 0.232 e. The molecule has 1 saturated carbocycles. The number of nitrogens with zero attached hydrogens (tertiary/aromatic N) is 2. The molecule has 2 aromatic carbocycles. The van der Waals surface area contributed by atoms with Crippen molar-refractivity contribution in [1.29, 1.82) is 5.26 Å². The number of benzene rings is 2. The van der Waals surface area contributed by atoms with Crippen LogP contribution in [0.1, 0.15) is 50.6 Å². The highest BCUT2D eigenvalue weighted by Crippen LogP contribution is 2.43. The monoisotopic (exact) mass is 527 g/mol. The molecule has 0 radical (unpaired) electrons. The summed E-state index contributed by atoms with van der Waals surface area (Å²) in [5.41, 5.74) is 3.64. The van der Waals surface area contributed by atoms with E-state index in [9.17, 15) is 22.1 Å². The number of ether oxygens (including phenoxy) is 1. The summed E-state index contributed by atoms with van der Waals surface area (Å²) in [5, 5.41) is 11.0. The number of hydrogen-bond donors (Lipinski definition) is 1. The molecule has 3 aromatic rings. The van der Waals surface area contributed by atoms with E-state index in [4.69, 9.17) is 4.74 Å². The van der Waals surface area contributed by atoms with Crippen molar-refractivity contribution in [2.45, 2.75) is 51.2 Å². The molecule has 2 aliphatic rings. The van der Waals surface area contributed by atoms with Crippen LogP contribution in [0.25, 0.3) is 22.2 Å². The van der Waals surface area contributed by atoms with Crippen molar-refractivity contribution in [3.05, 3.63) is 48.0 Å². The topological polar surface area (TPSA) is 118 Å². The van der Waals surface area contributed by atoms with Crippen molar-refractivity contribution in [2.24, 2.45) is 0 Å². The molecular weight excluding hydrogens is 498 g/mol. The zero-order valence-electron chi connectivity index (χ0n) is 20.1. The number of sulfonamides is 1. The predicted molar refractivity (Wildman–Crippen MR) is 140 cm³/mol. The SMILES string of the molecule is CCS(=O)(=O)Nc1ccc(-c2c(C#N)c3ccc(OC4CCS(=O)(=O)CC4)cc3n2C2CCC2)cc1. The van der Waals surface area contributed by atoms with Gasteiger partial charge in [0, 0.05) is 23.2 Å². The summed E-state index contributed by atoms with van der Waals surface area (Å²) in [6.07, 6.45) is 3.96. The number of fused-ring (bicyclic) bond motifs is 1. The van der Waals surface area contributed by atoms with Gasteiger partial charge in [0.2, 0.25) is 10.0 Å². The first kappa shape index (κ1) is 24.7. The molecule has 8 nitrogen and oxygen atoms in total. The quantitative estimate of drug-likeness (QED) is 0.479. The van der Waals surface area contributed by atoms with Crippen LogP contribution in [-0.2, 0) is 19.9 Å². The second-order valence-corrected chi connectivity index (χ2v) is 13.8. The highest BCUT2D eigenvalue weighted by Gasteiger charge is 2.29. The van der Waals surface area contributed by atoms with Crippen molar-refractivity contribution < 1.29 is 21.6 Å². The molecule has 1 aliphatic carbocycles. The van der Waals surface area contributed by atoms with E-state index in [1.54, 1.807) is 19.1 Å². The summed E-state index contributed by atoms with van der Waals surface area (Å²) in [4.78, 5) is 0. The van der Waals surface area contributed by atoms with Crippen LogP contribution in [0.15, 0.2) is 42.5 Å². The normalized spacial score (nSPS) is 18.4. The van der Waals surface area contributed by atoms with E-state index in [1.165, 1.54) is 0 Å². The van der Waals surface area contributed by atoms with E-state index in [0.717, 1.165) is 41.4 Å². The maximum absolute atomic E-state index is 11.9. The fourth-order valence-corrected chi connectivity index (χ4v) is 7.00. The van der Waals surface area contributed by atoms with Gasteiger partial charge in [-0.1, -0.05) is 12.1 Å². The van der Waals surface area contributed by atoms with Gasteiger partial charge in [0.05, 0.1) is 34.0 Å². The zero-order chi connectivity index (χ0) is 25.5.